The molecule has 0 unspecified atom stereocenters. The minimum atomic E-state index is -4.81. The Kier molecular flexibility index (Phi) is 5.76. The highest BCUT2D eigenvalue weighted by atomic mass is 19.4. The van der Waals surface area contributed by atoms with Crippen molar-refractivity contribution in [1.29, 1.82) is 0 Å². The maximum absolute atomic E-state index is 14.5. The molecule has 0 saturated heterocycles. The van der Waals surface area contributed by atoms with E-state index in [2.05, 4.69) is 4.74 Å². The van der Waals surface area contributed by atoms with Crippen LogP contribution in [0.2, 0.25) is 0 Å². The van der Waals surface area contributed by atoms with Crippen molar-refractivity contribution in [3.63, 3.8) is 0 Å². The Morgan fingerprint density at radius 1 is 0.931 bits per heavy atom. The van der Waals surface area contributed by atoms with Gasteiger partial charge >= 0.3 is 6.36 Å². The van der Waals surface area contributed by atoms with Crippen LogP contribution in [-0.4, -0.2) is 17.5 Å². The number of alkyl halides is 3. The summed E-state index contributed by atoms with van der Waals surface area (Å²) in [6.07, 6.45) is -3.71. The van der Waals surface area contributed by atoms with Crippen LogP contribution < -0.4 is 9.47 Å². The molecule has 3 aromatic rings. The molecule has 0 aliphatic heterocycles. The molecule has 0 radical (unpaired) electrons. The Morgan fingerprint density at radius 2 is 1.62 bits per heavy atom. The monoisotopic (exact) mass is 415 g/mol. The third-order valence-electron chi connectivity index (χ3n) is 3.95. The van der Waals surface area contributed by atoms with E-state index in [1.807, 2.05) is 0 Å². The lowest BCUT2D eigenvalue weighted by Crippen LogP contribution is -2.17. The summed E-state index contributed by atoms with van der Waals surface area (Å²) in [7, 11) is 0. The van der Waals surface area contributed by atoms with Crippen LogP contribution in [0, 0.1) is 17.5 Å². The molecular formula is C20H15F6NO2. The smallest absolute Gasteiger partial charge is 0.493 e. The van der Waals surface area contributed by atoms with Crippen LogP contribution in [-0.2, 0) is 6.54 Å². The van der Waals surface area contributed by atoms with Gasteiger partial charge in [-0.1, -0.05) is 12.1 Å². The van der Waals surface area contributed by atoms with Gasteiger partial charge in [0, 0.05) is 24.9 Å². The van der Waals surface area contributed by atoms with Crippen molar-refractivity contribution >= 4 is 0 Å². The second-order valence-electron chi connectivity index (χ2n) is 6.06. The highest BCUT2D eigenvalue weighted by molar-refractivity contribution is 5.69. The lowest BCUT2D eigenvalue weighted by atomic mass is 10.1. The third-order valence-corrected chi connectivity index (χ3v) is 3.95. The Hall–Kier alpha value is -3.10. The second kappa shape index (κ2) is 8.10. The molecule has 0 spiro atoms. The van der Waals surface area contributed by atoms with Gasteiger partial charge in [-0.3, -0.25) is 0 Å². The number of aromatic nitrogens is 1. The predicted molar refractivity (Wildman–Crippen MR) is 93.1 cm³/mol. The van der Waals surface area contributed by atoms with Crippen LogP contribution in [0.4, 0.5) is 26.3 Å². The minimum absolute atomic E-state index is 0.0218. The Bertz CT molecular complexity index is 995. The summed E-state index contributed by atoms with van der Waals surface area (Å²) in [6.45, 7) is 1.80. The quantitative estimate of drug-likeness (QED) is 0.467. The molecule has 1 heterocycles. The van der Waals surface area contributed by atoms with E-state index in [4.69, 9.17) is 4.74 Å². The number of ether oxygens (including phenoxy) is 2. The molecule has 3 rings (SSSR count). The molecule has 2 aromatic carbocycles. The van der Waals surface area contributed by atoms with E-state index in [1.165, 1.54) is 16.7 Å². The fourth-order valence-corrected chi connectivity index (χ4v) is 2.88. The molecule has 9 heteroatoms. The van der Waals surface area contributed by atoms with Crippen LogP contribution in [0.1, 0.15) is 12.5 Å². The molecule has 3 nitrogen and oxygen atoms in total. The molecule has 29 heavy (non-hydrogen) atoms. The SMILES string of the molecule is CCOc1cc(F)cc(F)c1-c1cc(F)cn1Cc1ccc(OC(F)(F)F)cc1. The molecule has 0 N–H and O–H groups in total. The predicted octanol–water partition coefficient (Wildman–Crippen LogP) is 5.92. The molecule has 0 aliphatic rings. The van der Waals surface area contributed by atoms with Crippen molar-refractivity contribution in [1.82, 2.24) is 4.57 Å². The number of benzene rings is 2. The first kappa shape index (κ1) is 20.6. The summed E-state index contributed by atoms with van der Waals surface area (Å²) in [5, 5.41) is 0. The van der Waals surface area contributed by atoms with E-state index in [0.29, 0.717) is 11.6 Å². The number of hydrogen-bond acceptors (Lipinski definition) is 2. The maximum Gasteiger partial charge on any atom is 0.573 e. The molecule has 0 fully saturated rings. The summed E-state index contributed by atoms with van der Waals surface area (Å²) in [5.41, 5.74) is 0.491. The molecule has 154 valence electrons. The molecule has 0 saturated carbocycles. The number of nitrogens with zero attached hydrogens (tertiary/aromatic N) is 1. The van der Waals surface area contributed by atoms with Crippen LogP contribution in [0.15, 0.2) is 48.7 Å². The molecule has 0 aliphatic carbocycles. The number of halogens is 6. The summed E-state index contributed by atoms with van der Waals surface area (Å²) < 4.78 is 89.2. The van der Waals surface area contributed by atoms with Gasteiger partial charge in [0.1, 0.15) is 29.0 Å². The first-order valence-electron chi connectivity index (χ1n) is 8.49. The Morgan fingerprint density at radius 3 is 2.24 bits per heavy atom. The van der Waals surface area contributed by atoms with Gasteiger partial charge in [0.05, 0.1) is 17.9 Å². The molecule has 1 aromatic heterocycles. The van der Waals surface area contributed by atoms with E-state index in [-0.39, 0.29) is 30.2 Å². The van der Waals surface area contributed by atoms with Crippen molar-refractivity contribution in [2.75, 3.05) is 6.61 Å². The van der Waals surface area contributed by atoms with Crippen molar-refractivity contribution in [3.8, 4) is 22.8 Å². The van der Waals surface area contributed by atoms with Gasteiger partial charge in [0.25, 0.3) is 0 Å². The zero-order valence-corrected chi connectivity index (χ0v) is 15.1. The average molecular weight is 415 g/mol. The van der Waals surface area contributed by atoms with Crippen LogP contribution >= 0.6 is 0 Å². The summed E-state index contributed by atoms with van der Waals surface area (Å²) in [4.78, 5) is 0. The van der Waals surface area contributed by atoms with E-state index < -0.39 is 29.6 Å². The second-order valence-corrected chi connectivity index (χ2v) is 6.06. The van der Waals surface area contributed by atoms with Gasteiger partial charge in [-0.05, 0) is 30.7 Å². The fourth-order valence-electron chi connectivity index (χ4n) is 2.88. The van der Waals surface area contributed by atoms with Crippen LogP contribution in [0.5, 0.6) is 11.5 Å². The number of rotatable bonds is 6. The normalized spacial score (nSPS) is 11.6. The topological polar surface area (TPSA) is 23.4 Å². The summed E-state index contributed by atoms with van der Waals surface area (Å²) in [5.74, 6) is -2.92. The van der Waals surface area contributed by atoms with Crippen LogP contribution in [0.25, 0.3) is 11.3 Å². The lowest BCUT2D eigenvalue weighted by molar-refractivity contribution is -0.274. The van der Waals surface area contributed by atoms with Gasteiger partial charge in [-0.15, -0.1) is 13.2 Å². The standard InChI is InChI=1S/C20H15F6NO2/c1-2-28-18-9-13(21)7-16(23)19(18)17-8-14(22)11-27(17)10-12-3-5-15(6-4-12)29-20(24,25)26/h3-9,11H,2,10H2,1H3. The van der Waals surface area contributed by atoms with Crippen molar-refractivity contribution in [2.24, 2.45) is 0 Å². The van der Waals surface area contributed by atoms with Gasteiger partial charge in [-0.25, -0.2) is 13.2 Å². The van der Waals surface area contributed by atoms with E-state index >= 15 is 0 Å². The largest absolute Gasteiger partial charge is 0.573 e. The first-order chi connectivity index (χ1) is 13.7. The van der Waals surface area contributed by atoms with E-state index in [0.717, 1.165) is 30.5 Å². The highest BCUT2D eigenvalue weighted by Gasteiger charge is 2.31. The first-order valence-corrected chi connectivity index (χ1v) is 8.49. The van der Waals surface area contributed by atoms with Gasteiger partial charge in [-0.2, -0.15) is 0 Å². The van der Waals surface area contributed by atoms with Crippen molar-refractivity contribution in [3.05, 3.63) is 71.7 Å². The average Bonchev–Trinajstić information content (AvgIpc) is 2.95. The summed E-state index contributed by atoms with van der Waals surface area (Å²) in [6, 6.07) is 7.70. The highest BCUT2D eigenvalue weighted by Crippen LogP contribution is 2.35. The Balaban J connectivity index is 1.95. The maximum atomic E-state index is 14.5. The lowest BCUT2D eigenvalue weighted by Gasteiger charge is -2.15. The fraction of sp³-hybridized carbons (Fsp3) is 0.200. The van der Waals surface area contributed by atoms with Crippen molar-refractivity contribution < 1.29 is 35.8 Å². The molecule has 0 bridgehead atoms. The van der Waals surface area contributed by atoms with E-state index in [9.17, 15) is 26.3 Å². The minimum Gasteiger partial charge on any atom is -0.493 e. The van der Waals surface area contributed by atoms with Gasteiger partial charge in [0.15, 0.2) is 0 Å². The van der Waals surface area contributed by atoms with Crippen molar-refractivity contribution in [2.45, 2.75) is 19.8 Å². The Labute approximate surface area is 162 Å². The zero-order valence-electron chi connectivity index (χ0n) is 15.1. The van der Waals surface area contributed by atoms with Gasteiger partial charge in [0.2, 0.25) is 0 Å². The van der Waals surface area contributed by atoms with Crippen LogP contribution in [0.3, 0.4) is 0 Å². The van der Waals surface area contributed by atoms with E-state index in [1.54, 1.807) is 6.92 Å². The third kappa shape index (κ3) is 5.04. The molecule has 0 atom stereocenters. The zero-order chi connectivity index (χ0) is 21.2. The van der Waals surface area contributed by atoms with Gasteiger partial charge < -0.3 is 14.0 Å². The molecule has 0 amide bonds. The molecular weight excluding hydrogens is 400 g/mol. The summed E-state index contributed by atoms with van der Waals surface area (Å²) >= 11 is 0. The number of hydrogen-bond donors (Lipinski definition) is 0.